The van der Waals surface area contributed by atoms with Gasteiger partial charge in [-0.1, -0.05) is 90.0 Å². The molecule has 0 saturated carbocycles. The lowest BCUT2D eigenvalue weighted by molar-refractivity contribution is 0.0943. The van der Waals surface area contributed by atoms with Gasteiger partial charge >= 0.3 is 0 Å². The third-order valence-electron chi connectivity index (χ3n) is 5.34. The minimum Gasteiger partial charge on any atom is -0.341 e. The minimum atomic E-state index is -3.77. The van der Waals surface area contributed by atoms with Crippen LogP contribution >= 0.6 is 11.6 Å². The molecule has 0 radical (unpaired) electrons. The fraction of sp³-hybridized carbons (Fsp3) is 0.0741. The van der Waals surface area contributed by atoms with Crippen LogP contribution in [0.2, 0.25) is 5.02 Å². The molecule has 0 aliphatic carbocycles. The molecular weight excluding hydrogens is 468 g/mol. The molecule has 0 heterocycles. The fourth-order valence-corrected chi connectivity index (χ4v) is 4.89. The fourth-order valence-electron chi connectivity index (χ4n) is 3.55. The number of benzene rings is 4. The van der Waals surface area contributed by atoms with Crippen LogP contribution in [0.15, 0.2) is 108 Å². The molecule has 1 unspecified atom stereocenters. The molecule has 2 N–H and O–H groups in total. The summed E-state index contributed by atoms with van der Waals surface area (Å²) in [6.07, 6.45) is 0. The van der Waals surface area contributed by atoms with Crippen molar-refractivity contribution in [1.82, 2.24) is 5.32 Å². The summed E-state index contributed by atoms with van der Waals surface area (Å²) in [5, 5.41) is 3.20. The zero-order valence-electron chi connectivity index (χ0n) is 18.4. The average molecular weight is 491 g/mol. The van der Waals surface area contributed by atoms with Crippen LogP contribution in [0.5, 0.6) is 0 Å². The Balaban J connectivity index is 1.57. The molecule has 4 aromatic carbocycles. The van der Waals surface area contributed by atoms with Crippen LogP contribution in [0, 0.1) is 6.92 Å². The highest BCUT2D eigenvalue weighted by Crippen LogP contribution is 2.26. The van der Waals surface area contributed by atoms with Gasteiger partial charge in [0.1, 0.15) is 0 Å². The maximum absolute atomic E-state index is 13.2. The zero-order chi connectivity index (χ0) is 24.1. The topological polar surface area (TPSA) is 75.3 Å². The number of amides is 1. The zero-order valence-corrected chi connectivity index (χ0v) is 20.0. The highest BCUT2D eigenvalue weighted by molar-refractivity contribution is 7.92. The Kier molecular flexibility index (Phi) is 7.01. The van der Waals surface area contributed by atoms with E-state index in [1.54, 1.807) is 18.2 Å². The number of nitrogens with one attached hydrogen (secondary N) is 2. The molecule has 0 bridgehead atoms. The van der Waals surface area contributed by atoms with Gasteiger partial charge in [0.2, 0.25) is 0 Å². The lowest BCUT2D eigenvalue weighted by Gasteiger charge is -2.21. The van der Waals surface area contributed by atoms with E-state index < -0.39 is 10.0 Å². The van der Waals surface area contributed by atoms with Crippen LogP contribution in [0.25, 0.3) is 0 Å². The van der Waals surface area contributed by atoms with E-state index in [1.165, 1.54) is 30.3 Å². The number of rotatable bonds is 7. The molecule has 1 amide bonds. The lowest BCUT2D eigenvalue weighted by Crippen LogP contribution is -2.29. The van der Waals surface area contributed by atoms with Crippen molar-refractivity contribution in [2.75, 3.05) is 4.72 Å². The second-order valence-electron chi connectivity index (χ2n) is 7.84. The number of carbonyl (C=O) groups excluding carboxylic acids is 1. The van der Waals surface area contributed by atoms with Crippen molar-refractivity contribution < 1.29 is 13.2 Å². The predicted molar refractivity (Wildman–Crippen MR) is 136 cm³/mol. The van der Waals surface area contributed by atoms with Gasteiger partial charge in [0.25, 0.3) is 15.9 Å². The third-order valence-corrected chi connectivity index (χ3v) is 7.05. The molecule has 0 aromatic heterocycles. The number of aryl methyl sites for hydroxylation is 1. The van der Waals surface area contributed by atoms with Gasteiger partial charge in [0.15, 0.2) is 0 Å². The SMILES string of the molecule is Cc1ccc(C(NC(=O)c2ccc(NS(=O)(=O)c3ccccc3)cc2Cl)c2ccccc2)cc1. The molecule has 5 nitrogen and oxygen atoms in total. The van der Waals surface area contributed by atoms with E-state index in [1.807, 2.05) is 61.5 Å². The van der Waals surface area contributed by atoms with Crippen molar-refractivity contribution in [3.8, 4) is 0 Å². The van der Waals surface area contributed by atoms with Crippen LogP contribution in [-0.4, -0.2) is 14.3 Å². The molecule has 7 heteroatoms. The number of carbonyl (C=O) groups is 1. The molecule has 0 saturated heterocycles. The van der Waals surface area contributed by atoms with Crippen molar-refractivity contribution in [2.24, 2.45) is 0 Å². The first-order valence-corrected chi connectivity index (χ1v) is 12.5. The highest BCUT2D eigenvalue weighted by atomic mass is 35.5. The van der Waals surface area contributed by atoms with Gasteiger partial charge in [-0.25, -0.2) is 8.42 Å². The Morgan fingerprint density at radius 2 is 1.38 bits per heavy atom. The first kappa shape index (κ1) is 23.5. The lowest BCUT2D eigenvalue weighted by atomic mass is 9.97. The predicted octanol–water partition coefficient (Wildman–Crippen LogP) is 5.97. The van der Waals surface area contributed by atoms with E-state index in [9.17, 15) is 13.2 Å². The molecule has 0 aliphatic heterocycles. The Labute approximate surface area is 204 Å². The summed E-state index contributed by atoms with van der Waals surface area (Å²) in [7, 11) is -3.77. The highest BCUT2D eigenvalue weighted by Gasteiger charge is 2.20. The van der Waals surface area contributed by atoms with Gasteiger partial charge in [-0.2, -0.15) is 0 Å². The summed E-state index contributed by atoms with van der Waals surface area (Å²) in [5.41, 5.74) is 3.51. The summed E-state index contributed by atoms with van der Waals surface area (Å²) in [4.78, 5) is 13.3. The summed E-state index contributed by atoms with van der Waals surface area (Å²) in [6, 6.07) is 29.7. The minimum absolute atomic E-state index is 0.136. The second-order valence-corrected chi connectivity index (χ2v) is 9.93. The quantitative estimate of drug-likeness (QED) is 0.335. The van der Waals surface area contributed by atoms with Crippen molar-refractivity contribution in [1.29, 1.82) is 0 Å². The van der Waals surface area contributed by atoms with Crippen LogP contribution in [0.1, 0.15) is 33.1 Å². The summed E-state index contributed by atoms with van der Waals surface area (Å²) < 4.78 is 27.7. The maximum atomic E-state index is 13.2. The largest absolute Gasteiger partial charge is 0.341 e. The Morgan fingerprint density at radius 1 is 0.794 bits per heavy atom. The van der Waals surface area contributed by atoms with Crippen molar-refractivity contribution in [3.63, 3.8) is 0 Å². The summed E-state index contributed by atoms with van der Waals surface area (Å²) in [5.74, 6) is -0.364. The van der Waals surface area contributed by atoms with E-state index in [0.29, 0.717) is 0 Å². The first-order valence-electron chi connectivity index (χ1n) is 10.6. The Morgan fingerprint density at radius 3 is 2.00 bits per heavy atom. The standard InChI is InChI=1S/C27H23ClN2O3S/c1-19-12-14-21(15-13-19)26(20-8-4-2-5-9-20)29-27(31)24-17-16-22(18-25(24)28)30-34(32,33)23-10-6-3-7-11-23/h2-18,26,30H,1H3,(H,29,31). The van der Waals surface area contributed by atoms with E-state index in [4.69, 9.17) is 11.6 Å². The van der Waals surface area contributed by atoms with Gasteiger partial charge in [-0.05, 0) is 48.4 Å². The van der Waals surface area contributed by atoms with Crippen LogP contribution in [0.3, 0.4) is 0 Å². The van der Waals surface area contributed by atoms with E-state index in [0.717, 1.165) is 16.7 Å². The van der Waals surface area contributed by atoms with Gasteiger partial charge in [-0.15, -0.1) is 0 Å². The molecular formula is C27H23ClN2O3S. The molecule has 1 atom stereocenters. The maximum Gasteiger partial charge on any atom is 0.261 e. The molecule has 4 rings (SSSR count). The van der Waals surface area contributed by atoms with Crippen LogP contribution in [-0.2, 0) is 10.0 Å². The molecule has 34 heavy (non-hydrogen) atoms. The van der Waals surface area contributed by atoms with Gasteiger partial charge in [0, 0.05) is 0 Å². The van der Waals surface area contributed by atoms with Crippen molar-refractivity contribution in [2.45, 2.75) is 17.9 Å². The molecule has 4 aromatic rings. The van der Waals surface area contributed by atoms with E-state index in [2.05, 4.69) is 10.0 Å². The van der Waals surface area contributed by atoms with Gasteiger partial charge in [0.05, 0.1) is 27.2 Å². The molecule has 0 spiro atoms. The van der Waals surface area contributed by atoms with Gasteiger partial charge < -0.3 is 5.32 Å². The van der Waals surface area contributed by atoms with Crippen molar-refractivity contribution >= 4 is 33.2 Å². The molecule has 0 fully saturated rings. The van der Waals surface area contributed by atoms with Crippen LogP contribution in [0.4, 0.5) is 5.69 Å². The third kappa shape index (κ3) is 5.47. The number of halogens is 1. The first-order chi connectivity index (χ1) is 16.3. The second kappa shape index (κ2) is 10.1. The normalized spacial score (nSPS) is 12.1. The van der Waals surface area contributed by atoms with Gasteiger partial charge in [-0.3, -0.25) is 9.52 Å². The van der Waals surface area contributed by atoms with Crippen molar-refractivity contribution in [3.05, 3.63) is 130 Å². The Hall–Kier alpha value is -3.61. The number of hydrogen-bond donors (Lipinski definition) is 2. The monoisotopic (exact) mass is 490 g/mol. The summed E-state index contributed by atoms with van der Waals surface area (Å²) in [6.45, 7) is 2.01. The smallest absolute Gasteiger partial charge is 0.261 e. The summed E-state index contributed by atoms with van der Waals surface area (Å²) >= 11 is 6.40. The van der Waals surface area contributed by atoms with E-state index in [-0.39, 0.29) is 33.1 Å². The average Bonchev–Trinajstić information content (AvgIpc) is 2.84. The number of sulfonamides is 1. The molecule has 0 aliphatic rings. The molecule has 172 valence electrons. The number of anilines is 1. The van der Waals surface area contributed by atoms with Crippen LogP contribution < -0.4 is 10.0 Å². The Bertz CT molecular complexity index is 1390. The number of hydrogen-bond acceptors (Lipinski definition) is 3. The van der Waals surface area contributed by atoms with E-state index >= 15 is 0 Å².